The van der Waals surface area contributed by atoms with E-state index in [1.54, 1.807) is 38.6 Å². The molecule has 0 radical (unpaired) electrons. The molecule has 45 heavy (non-hydrogen) atoms. The second-order valence-electron chi connectivity index (χ2n) is 11.0. The van der Waals surface area contributed by atoms with Crippen LogP contribution in [0.15, 0.2) is 76.0 Å². The number of thioether (sulfide) groups is 1. The highest BCUT2D eigenvalue weighted by atomic mass is 32.2. The van der Waals surface area contributed by atoms with Crippen molar-refractivity contribution in [2.45, 2.75) is 76.4 Å². The van der Waals surface area contributed by atoms with E-state index >= 15 is 0 Å². The lowest BCUT2D eigenvalue weighted by molar-refractivity contribution is -0.384. The number of non-ortho nitro benzene ring substituents is 1. The third-order valence-electron chi connectivity index (χ3n) is 7.66. The highest BCUT2D eigenvalue weighted by Crippen LogP contribution is 2.40. The number of aryl methyl sites for hydroxylation is 1. The number of hydrogen-bond acceptors (Lipinski definition) is 10. The Morgan fingerprint density at radius 1 is 1.00 bits per heavy atom. The van der Waals surface area contributed by atoms with Crippen LogP contribution in [0, 0.1) is 10.1 Å². The number of nitro groups is 1. The van der Waals surface area contributed by atoms with E-state index < -0.39 is 22.8 Å². The topological polar surface area (TPSA) is 126 Å². The molecule has 1 saturated heterocycles. The van der Waals surface area contributed by atoms with Gasteiger partial charge in [0.05, 0.1) is 41.8 Å². The Labute approximate surface area is 268 Å². The molecule has 2 aromatic rings. The van der Waals surface area contributed by atoms with E-state index in [0.717, 1.165) is 42.9 Å². The van der Waals surface area contributed by atoms with Gasteiger partial charge in [-0.1, -0.05) is 24.3 Å². The molecule has 2 aliphatic rings. The molecule has 2 heterocycles. The molecule has 242 valence electrons. The standard InChI is InChI=1S/C34H42N2O8S/c1-4-41-33(37)30-23(2)35-24(3)31(32(30)26-11-7-12-27(22-26)36(39)40)34(38)44-20-9-21-45-28-16-14-25(15-17-28)10-8-19-43-29-13-5-6-18-42-29/h7,11-12,14-17,22,29,32,35H,4-6,8-10,13,18-21H2,1-3H3. The Morgan fingerprint density at radius 2 is 1.73 bits per heavy atom. The van der Waals surface area contributed by atoms with Gasteiger partial charge in [-0.2, -0.15) is 0 Å². The minimum absolute atomic E-state index is 0.0470. The summed E-state index contributed by atoms with van der Waals surface area (Å²) in [7, 11) is 0. The van der Waals surface area contributed by atoms with Crippen LogP contribution in [-0.4, -0.2) is 55.3 Å². The van der Waals surface area contributed by atoms with Gasteiger partial charge in [-0.05, 0) is 82.6 Å². The van der Waals surface area contributed by atoms with Crippen LogP contribution in [-0.2, 0) is 35.0 Å². The van der Waals surface area contributed by atoms with Crippen LogP contribution >= 0.6 is 11.8 Å². The zero-order valence-corrected chi connectivity index (χ0v) is 27.0. The summed E-state index contributed by atoms with van der Waals surface area (Å²) in [6.07, 6.45) is 5.74. The van der Waals surface area contributed by atoms with Gasteiger partial charge in [0.1, 0.15) is 0 Å². The predicted molar refractivity (Wildman–Crippen MR) is 172 cm³/mol. The van der Waals surface area contributed by atoms with Crippen LogP contribution in [0.5, 0.6) is 0 Å². The first-order chi connectivity index (χ1) is 21.8. The summed E-state index contributed by atoms with van der Waals surface area (Å²) in [5, 5.41) is 14.6. The monoisotopic (exact) mass is 638 g/mol. The maximum atomic E-state index is 13.5. The number of nitrogens with zero attached hydrogens (tertiary/aromatic N) is 1. The maximum absolute atomic E-state index is 13.5. The quantitative estimate of drug-likeness (QED) is 0.0750. The predicted octanol–water partition coefficient (Wildman–Crippen LogP) is 6.59. The van der Waals surface area contributed by atoms with Crippen molar-refractivity contribution in [2.75, 3.05) is 32.2 Å². The maximum Gasteiger partial charge on any atom is 0.336 e. The van der Waals surface area contributed by atoms with Crippen LogP contribution in [0.1, 0.15) is 69.9 Å². The third kappa shape index (κ3) is 9.66. The zero-order chi connectivity index (χ0) is 32.2. The summed E-state index contributed by atoms with van der Waals surface area (Å²) < 4.78 is 22.4. The molecule has 2 atom stereocenters. The summed E-state index contributed by atoms with van der Waals surface area (Å²) in [6, 6.07) is 14.4. The van der Waals surface area contributed by atoms with Crippen LogP contribution in [0.3, 0.4) is 0 Å². The normalized spacial score (nSPS) is 18.4. The van der Waals surface area contributed by atoms with Crippen LogP contribution in [0.2, 0.25) is 0 Å². The molecule has 2 aromatic carbocycles. The third-order valence-corrected chi connectivity index (χ3v) is 8.75. The van der Waals surface area contributed by atoms with Crippen molar-refractivity contribution in [2.24, 2.45) is 0 Å². The summed E-state index contributed by atoms with van der Waals surface area (Å²) in [5.74, 6) is -1.31. The lowest BCUT2D eigenvalue weighted by Gasteiger charge is -2.30. The van der Waals surface area contributed by atoms with Gasteiger partial charge >= 0.3 is 11.9 Å². The molecule has 2 unspecified atom stereocenters. The summed E-state index contributed by atoms with van der Waals surface area (Å²) in [5.41, 5.74) is 3.04. The minimum Gasteiger partial charge on any atom is -0.463 e. The van der Waals surface area contributed by atoms with E-state index in [1.165, 1.54) is 30.2 Å². The van der Waals surface area contributed by atoms with Gasteiger partial charge in [0, 0.05) is 40.8 Å². The number of esters is 2. The first-order valence-corrected chi connectivity index (χ1v) is 16.5. The second kappa shape index (κ2) is 17.1. The van der Waals surface area contributed by atoms with E-state index in [2.05, 4.69) is 29.6 Å². The fourth-order valence-electron chi connectivity index (χ4n) is 5.47. The second-order valence-corrected chi connectivity index (χ2v) is 12.1. The number of rotatable bonds is 15. The van der Waals surface area contributed by atoms with Crippen molar-refractivity contribution < 1.29 is 33.5 Å². The lowest BCUT2D eigenvalue weighted by atomic mass is 9.80. The number of benzene rings is 2. The Hall–Kier alpha value is -3.67. The Bertz CT molecular complexity index is 1400. The number of carbonyl (C=O) groups excluding carboxylic acids is 2. The zero-order valence-electron chi connectivity index (χ0n) is 26.2. The first-order valence-electron chi connectivity index (χ1n) is 15.5. The van der Waals surface area contributed by atoms with Gasteiger partial charge < -0.3 is 24.3 Å². The molecule has 1 N–H and O–H groups in total. The van der Waals surface area contributed by atoms with Gasteiger partial charge in [-0.25, -0.2) is 9.59 Å². The van der Waals surface area contributed by atoms with E-state index in [1.807, 2.05) is 0 Å². The van der Waals surface area contributed by atoms with Crippen molar-refractivity contribution >= 4 is 29.4 Å². The fourth-order valence-corrected chi connectivity index (χ4v) is 6.30. The first kappa shape index (κ1) is 34.2. The Balaban J connectivity index is 1.30. The van der Waals surface area contributed by atoms with E-state index in [0.29, 0.717) is 30.0 Å². The average Bonchev–Trinajstić information content (AvgIpc) is 3.03. The van der Waals surface area contributed by atoms with Crippen molar-refractivity contribution in [1.82, 2.24) is 5.32 Å². The number of ether oxygens (including phenoxy) is 4. The Kier molecular flexibility index (Phi) is 13.0. The van der Waals surface area contributed by atoms with E-state index in [-0.39, 0.29) is 36.3 Å². The van der Waals surface area contributed by atoms with Gasteiger partial charge in [-0.3, -0.25) is 10.1 Å². The molecule has 0 bridgehead atoms. The molecule has 1 fully saturated rings. The summed E-state index contributed by atoms with van der Waals surface area (Å²) in [4.78, 5) is 38.6. The molecule has 0 saturated carbocycles. The highest BCUT2D eigenvalue weighted by Gasteiger charge is 2.38. The molecule has 0 amide bonds. The molecule has 10 nitrogen and oxygen atoms in total. The highest BCUT2D eigenvalue weighted by molar-refractivity contribution is 7.99. The van der Waals surface area contributed by atoms with Gasteiger partial charge in [0.2, 0.25) is 0 Å². The van der Waals surface area contributed by atoms with Gasteiger partial charge in [-0.15, -0.1) is 11.8 Å². The molecular weight excluding hydrogens is 596 g/mol. The molecule has 0 aliphatic carbocycles. The fraction of sp³-hybridized carbons (Fsp3) is 0.471. The number of allylic oxidation sites excluding steroid dienone is 2. The number of hydrogen-bond donors (Lipinski definition) is 1. The van der Waals surface area contributed by atoms with Crippen LogP contribution in [0.4, 0.5) is 5.69 Å². The SMILES string of the molecule is CCOC(=O)C1=C(C)NC(C)=C(C(=O)OCCCSc2ccc(CCCOC3CCCCO3)cc2)C1c1cccc([N+](=O)[O-])c1. The number of nitrogens with one attached hydrogen (secondary N) is 1. The molecule has 11 heteroatoms. The summed E-state index contributed by atoms with van der Waals surface area (Å²) >= 11 is 1.69. The molecule has 4 rings (SSSR count). The van der Waals surface area contributed by atoms with Crippen LogP contribution in [0.25, 0.3) is 0 Å². The van der Waals surface area contributed by atoms with E-state index in [9.17, 15) is 19.7 Å². The van der Waals surface area contributed by atoms with Crippen molar-refractivity contribution in [3.05, 3.63) is 92.3 Å². The largest absolute Gasteiger partial charge is 0.463 e. The number of nitro benzene ring substituents is 1. The van der Waals surface area contributed by atoms with E-state index in [4.69, 9.17) is 18.9 Å². The molecular formula is C34H42N2O8S. The van der Waals surface area contributed by atoms with Gasteiger partial charge in [0.25, 0.3) is 5.69 Å². The minimum atomic E-state index is -0.877. The van der Waals surface area contributed by atoms with Crippen molar-refractivity contribution in [1.29, 1.82) is 0 Å². The lowest BCUT2D eigenvalue weighted by Crippen LogP contribution is -2.32. The Morgan fingerprint density at radius 3 is 2.40 bits per heavy atom. The molecule has 0 spiro atoms. The summed E-state index contributed by atoms with van der Waals surface area (Å²) in [6.45, 7) is 6.95. The average molecular weight is 639 g/mol. The van der Waals surface area contributed by atoms with Gasteiger partial charge in [0.15, 0.2) is 6.29 Å². The molecule has 2 aliphatic heterocycles. The van der Waals surface area contributed by atoms with Crippen molar-refractivity contribution in [3.63, 3.8) is 0 Å². The molecule has 0 aromatic heterocycles. The number of carbonyl (C=O) groups is 2. The van der Waals surface area contributed by atoms with Crippen molar-refractivity contribution in [3.8, 4) is 0 Å². The van der Waals surface area contributed by atoms with Crippen LogP contribution < -0.4 is 5.32 Å². The number of dihydropyridines is 1. The smallest absolute Gasteiger partial charge is 0.336 e.